The molecule has 1 aliphatic rings. The number of aromatic nitrogens is 1. The van der Waals surface area contributed by atoms with E-state index in [9.17, 15) is 29.4 Å². The van der Waals surface area contributed by atoms with Gasteiger partial charge in [-0.2, -0.15) is 0 Å². The topological polar surface area (TPSA) is 186 Å². The fourth-order valence-corrected chi connectivity index (χ4v) is 6.86. The van der Waals surface area contributed by atoms with E-state index in [0.29, 0.717) is 31.6 Å². The lowest BCUT2D eigenvalue weighted by atomic mass is 9.86. The predicted octanol–water partition coefficient (Wildman–Crippen LogP) is 4.15. The number of alkyl carbamates (subject to hydrolysis) is 1. The molecular weight excluding hydrogens is 731 g/mol. The average molecular weight is 790 g/mol. The first-order chi connectivity index (χ1) is 27.0. The number of aryl methyl sites for hydroxylation is 1. The van der Waals surface area contributed by atoms with Crippen molar-refractivity contribution in [3.63, 3.8) is 0 Å². The number of pyridine rings is 1. The first-order valence-corrected chi connectivity index (χ1v) is 19.3. The molecule has 5 atom stereocenters. The van der Waals surface area contributed by atoms with Gasteiger partial charge in [-0.25, -0.2) is 14.6 Å². The van der Waals surface area contributed by atoms with Crippen LogP contribution in [0.3, 0.4) is 0 Å². The summed E-state index contributed by atoms with van der Waals surface area (Å²) in [6.07, 6.45) is -1.18. The summed E-state index contributed by atoms with van der Waals surface area (Å²) in [5.41, 5.74) is 5.23. The molecule has 15 nitrogen and oxygen atoms in total. The van der Waals surface area contributed by atoms with Crippen molar-refractivity contribution in [3.8, 4) is 11.5 Å². The van der Waals surface area contributed by atoms with Gasteiger partial charge in [-0.15, -0.1) is 0 Å². The van der Waals surface area contributed by atoms with Gasteiger partial charge in [0.05, 0.1) is 38.6 Å². The average Bonchev–Trinajstić information content (AvgIpc) is 3.51. The second-order valence-corrected chi connectivity index (χ2v) is 15.7. The zero-order chi connectivity index (χ0) is 41.9. The molecule has 4 rings (SSSR count). The van der Waals surface area contributed by atoms with Gasteiger partial charge in [0.25, 0.3) is 5.91 Å². The third kappa shape index (κ3) is 12.3. The van der Waals surface area contributed by atoms with Crippen molar-refractivity contribution >= 4 is 23.9 Å². The first kappa shape index (κ1) is 44.3. The first-order valence-electron chi connectivity index (χ1n) is 19.3. The van der Waals surface area contributed by atoms with Gasteiger partial charge in [-0.1, -0.05) is 83.5 Å². The van der Waals surface area contributed by atoms with Crippen molar-refractivity contribution in [2.75, 3.05) is 33.9 Å². The summed E-state index contributed by atoms with van der Waals surface area (Å²) in [5, 5.41) is 29.5. The van der Waals surface area contributed by atoms with E-state index in [0.717, 1.165) is 17.0 Å². The number of carbonyl (C=O) groups is 4. The van der Waals surface area contributed by atoms with Gasteiger partial charge < -0.3 is 40.1 Å². The van der Waals surface area contributed by atoms with E-state index in [4.69, 9.17) is 9.47 Å². The highest BCUT2D eigenvalue weighted by molar-refractivity contribution is 5.88. The Balaban J connectivity index is 1.63. The highest BCUT2D eigenvalue weighted by Crippen LogP contribution is 2.28. The van der Waals surface area contributed by atoms with Gasteiger partial charge in [0, 0.05) is 31.9 Å². The molecule has 310 valence electrons. The minimum atomic E-state index is -1.26. The van der Waals surface area contributed by atoms with E-state index in [2.05, 4.69) is 21.0 Å². The lowest BCUT2D eigenvalue weighted by Gasteiger charge is -2.36. The number of phenolic OH excluding ortho intramolecular Hbond substituents is 1. The quantitative estimate of drug-likeness (QED) is 0.117. The molecule has 0 aliphatic carbocycles. The zero-order valence-electron chi connectivity index (χ0n) is 34.3. The summed E-state index contributed by atoms with van der Waals surface area (Å²) in [6, 6.07) is 16.8. The highest BCUT2D eigenvalue weighted by atomic mass is 16.5. The number of rotatable bonds is 18. The van der Waals surface area contributed by atoms with Crippen LogP contribution in [0.1, 0.15) is 63.6 Å². The maximum absolute atomic E-state index is 14.5. The Morgan fingerprint density at radius 1 is 0.965 bits per heavy atom. The molecule has 5 amide bonds. The van der Waals surface area contributed by atoms with E-state index < -0.39 is 47.6 Å². The molecular formula is C42H59N7O8. The van der Waals surface area contributed by atoms with E-state index in [1.165, 1.54) is 25.3 Å². The summed E-state index contributed by atoms with van der Waals surface area (Å²) in [6.45, 7) is 12.2. The van der Waals surface area contributed by atoms with Crippen LogP contribution in [-0.2, 0) is 33.8 Å². The van der Waals surface area contributed by atoms with Crippen LogP contribution in [0.25, 0.3) is 0 Å². The molecule has 5 N–H and O–H groups in total. The minimum absolute atomic E-state index is 0.0456. The van der Waals surface area contributed by atoms with Crippen molar-refractivity contribution < 1.29 is 38.9 Å². The number of benzene rings is 2. The fraction of sp³-hybridized carbons (Fsp3) is 0.500. The van der Waals surface area contributed by atoms with Gasteiger partial charge in [0.15, 0.2) is 11.5 Å². The highest BCUT2D eigenvalue weighted by Gasteiger charge is 2.41. The Kier molecular flexibility index (Phi) is 15.7. The van der Waals surface area contributed by atoms with Crippen molar-refractivity contribution in [2.45, 2.75) is 91.7 Å². The minimum Gasteiger partial charge on any atom is -0.504 e. The molecule has 3 aromatic rings. The summed E-state index contributed by atoms with van der Waals surface area (Å²) in [4.78, 5) is 62.3. The molecule has 0 radical (unpaired) electrons. The van der Waals surface area contributed by atoms with Crippen LogP contribution >= 0.6 is 0 Å². The largest absolute Gasteiger partial charge is 0.504 e. The third-order valence-corrected chi connectivity index (χ3v) is 10.2. The number of amides is 5. The number of phenols is 1. The Hall–Kier alpha value is -5.41. The zero-order valence-corrected chi connectivity index (χ0v) is 34.3. The maximum Gasteiger partial charge on any atom is 0.407 e. The molecule has 0 saturated carbocycles. The summed E-state index contributed by atoms with van der Waals surface area (Å²) in [5.74, 6) is -1.03. The van der Waals surface area contributed by atoms with Crippen LogP contribution in [0.15, 0.2) is 66.7 Å². The summed E-state index contributed by atoms with van der Waals surface area (Å²) < 4.78 is 10.1. The standard InChI is InChI=1S/C42H59N7O8/c1-9-27(2)36(49-21-20-47(41(49)55)25-31-17-13-14-28(3)43-31)38(52)44-32(22-29-15-11-10-12-16-29)34(51)26-48(24-30-18-19-33(50)35(23-30)56-7)46-39(53)37(42(4,5)6)45-40(54)57-8/h10-19,23,27,32,34,36-37,50-51H,9,20-22,24-26H2,1-8H3,(H,44,52)(H,45,54)(H,46,53)/t27-,32-,34-,36-,37+/m0/s1. The molecule has 57 heavy (non-hydrogen) atoms. The predicted molar refractivity (Wildman–Crippen MR) is 215 cm³/mol. The van der Waals surface area contributed by atoms with Crippen LogP contribution in [0, 0.1) is 18.3 Å². The Labute approximate surface area is 335 Å². The number of hydrogen-bond acceptors (Lipinski definition) is 10. The number of methoxy groups -OCH3 is 2. The Bertz CT molecular complexity index is 1820. The van der Waals surface area contributed by atoms with Crippen molar-refractivity contribution in [1.82, 2.24) is 35.9 Å². The second-order valence-electron chi connectivity index (χ2n) is 15.7. The van der Waals surface area contributed by atoms with Gasteiger partial charge in [-0.3, -0.25) is 20.0 Å². The van der Waals surface area contributed by atoms with Crippen LogP contribution in [0.5, 0.6) is 11.5 Å². The van der Waals surface area contributed by atoms with Gasteiger partial charge in [0.2, 0.25) is 5.91 Å². The lowest BCUT2D eigenvalue weighted by molar-refractivity contribution is -0.132. The van der Waals surface area contributed by atoms with Crippen LogP contribution < -0.4 is 20.8 Å². The number of nitrogens with zero attached hydrogens (tertiary/aromatic N) is 4. The SMILES string of the molecule is CC[C@H](C)[C@@H](C(=O)N[C@@H](Cc1ccccc1)[C@@H](O)CN(Cc1ccc(O)c(OC)c1)NC(=O)[C@@H](NC(=O)OC)C(C)(C)C)N1CCN(Cc2cccc(C)n2)C1=O. The third-order valence-electron chi connectivity index (χ3n) is 10.2. The van der Waals surface area contributed by atoms with Gasteiger partial charge >= 0.3 is 12.1 Å². The number of ether oxygens (including phenoxy) is 2. The Morgan fingerprint density at radius 3 is 2.32 bits per heavy atom. The number of hydrogen-bond donors (Lipinski definition) is 5. The molecule has 1 aliphatic heterocycles. The summed E-state index contributed by atoms with van der Waals surface area (Å²) >= 11 is 0. The lowest BCUT2D eigenvalue weighted by Crippen LogP contribution is -2.60. The molecule has 1 fully saturated rings. The fourth-order valence-electron chi connectivity index (χ4n) is 6.86. The van der Waals surface area contributed by atoms with E-state index in [1.807, 2.05) is 69.3 Å². The van der Waals surface area contributed by atoms with Crippen molar-refractivity contribution in [1.29, 1.82) is 0 Å². The van der Waals surface area contributed by atoms with Gasteiger partial charge in [0.1, 0.15) is 12.1 Å². The number of carbonyl (C=O) groups excluding carboxylic acids is 4. The number of aliphatic hydroxyl groups is 1. The van der Waals surface area contributed by atoms with Crippen LogP contribution in [-0.4, -0.2) is 112 Å². The van der Waals surface area contributed by atoms with Crippen molar-refractivity contribution in [2.24, 2.45) is 11.3 Å². The van der Waals surface area contributed by atoms with Crippen LogP contribution in [0.4, 0.5) is 9.59 Å². The molecule has 0 unspecified atom stereocenters. The van der Waals surface area contributed by atoms with Gasteiger partial charge in [-0.05, 0) is 60.1 Å². The van der Waals surface area contributed by atoms with E-state index in [-0.39, 0.29) is 43.0 Å². The monoisotopic (exact) mass is 789 g/mol. The number of aliphatic hydroxyl groups excluding tert-OH is 1. The van der Waals surface area contributed by atoms with Crippen molar-refractivity contribution in [3.05, 3.63) is 89.2 Å². The maximum atomic E-state index is 14.5. The molecule has 0 bridgehead atoms. The van der Waals surface area contributed by atoms with E-state index in [1.54, 1.807) is 42.7 Å². The number of aromatic hydroxyl groups is 1. The molecule has 1 saturated heterocycles. The smallest absolute Gasteiger partial charge is 0.407 e. The van der Waals surface area contributed by atoms with E-state index >= 15 is 0 Å². The molecule has 2 heterocycles. The molecule has 15 heteroatoms. The molecule has 1 aromatic heterocycles. The second kappa shape index (κ2) is 20.1. The number of urea groups is 1. The number of nitrogens with one attached hydrogen (secondary N) is 3. The summed E-state index contributed by atoms with van der Waals surface area (Å²) in [7, 11) is 2.63. The Morgan fingerprint density at radius 2 is 1.68 bits per heavy atom. The number of hydrazine groups is 1. The molecule has 0 spiro atoms. The normalized spacial score (nSPS) is 15.7. The molecule has 2 aromatic carbocycles. The van der Waals surface area contributed by atoms with Crippen LogP contribution in [0.2, 0.25) is 0 Å².